The van der Waals surface area contributed by atoms with Gasteiger partial charge in [-0.2, -0.15) is 0 Å². The molecule has 0 aliphatic heterocycles. The average molecular weight is 297 g/mol. The van der Waals surface area contributed by atoms with Gasteiger partial charge in [-0.3, -0.25) is 4.90 Å². The molecule has 17 heavy (non-hydrogen) atoms. The van der Waals surface area contributed by atoms with Gasteiger partial charge in [0.15, 0.2) is 0 Å². The molecule has 0 aromatic heterocycles. The summed E-state index contributed by atoms with van der Waals surface area (Å²) >= 11 is 3.64. The third-order valence-electron chi connectivity index (χ3n) is 3.81. The van der Waals surface area contributed by atoms with E-state index in [2.05, 4.69) is 59.1 Å². The van der Waals surface area contributed by atoms with Crippen LogP contribution in [0.25, 0.3) is 0 Å². The number of halogens is 1. The van der Waals surface area contributed by atoms with Crippen LogP contribution >= 0.6 is 15.9 Å². The van der Waals surface area contributed by atoms with E-state index in [1.54, 1.807) is 0 Å². The number of hydrogen-bond acceptors (Lipinski definition) is 2. The monoisotopic (exact) mass is 296 g/mol. The lowest BCUT2D eigenvalue weighted by Crippen LogP contribution is -2.45. The van der Waals surface area contributed by atoms with Gasteiger partial charge < -0.3 is 5.73 Å². The van der Waals surface area contributed by atoms with Gasteiger partial charge in [0.1, 0.15) is 0 Å². The average Bonchev–Trinajstić information content (AvgIpc) is 2.18. The predicted molar refractivity (Wildman–Crippen MR) is 75.9 cm³/mol. The van der Waals surface area contributed by atoms with Crippen LogP contribution in [-0.4, -0.2) is 24.0 Å². The number of nitrogens with zero attached hydrogens (tertiary/aromatic N) is 1. The number of rotatable bonds is 4. The second kappa shape index (κ2) is 5.51. The fraction of sp³-hybridized carbons (Fsp3) is 0.571. The molecule has 0 radical (unpaired) electrons. The van der Waals surface area contributed by atoms with Crippen LogP contribution in [0.15, 0.2) is 28.7 Å². The van der Waals surface area contributed by atoms with Gasteiger partial charge in [-0.1, -0.05) is 40.5 Å². The van der Waals surface area contributed by atoms with Crippen LogP contribution in [0, 0.1) is 0 Å². The van der Waals surface area contributed by atoms with E-state index >= 15 is 0 Å². The molecule has 1 aliphatic rings. The quantitative estimate of drug-likeness (QED) is 0.923. The molecule has 0 saturated heterocycles. The summed E-state index contributed by atoms with van der Waals surface area (Å²) in [4.78, 5) is 2.45. The zero-order chi connectivity index (χ0) is 12.4. The van der Waals surface area contributed by atoms with Crippen molar-refractivity contribution in [3.05, 3.63) is 34.3 Å². The first-order valence-corrected chi connectivity index (χ1v) is 7.12. The molecule has 2 atom stereocenters. The summed E-state index contributed by atoms with van der Waals surface area (Å²) in [5.74, 6) is 0. The van der Waals surface area contributed by atoms with E-state index in [1.807, 2.05) is 0 Å². The number of nitrogens with two attached hydrogens (primary N) is 1. The van der Waals surface area contributed by atoms with Crippen molar-refractivity contribution in [1.82, 2.24) is 4.90 Å². The molecule has 2 unspecified atom stereocenters. The highest BCUT2D eigenvalue weighted by Gasteiger charge is 2.31. The van der Waals surface area contributed by atoms with Crippen molar-refractivity contribution in [3.63, 3.8) is 0 Å². The van der Waals surface area contributed by atoms with Crippen LogP contribution in [0.4, 0.5) is 0 Å². The van der Waals surface area contributed by atoms with Gasteiger partial charge in [-0.15, -0.1) is 0 Å². The Labute approximate surface area is 112 Å². The van der Waals surface area contributed by atoms with E-state index < -0.39 is 0 Å². The Hall–Kier alpha value is -0.380. The number of benzene rings is 1. The van der Waals surface area contributed by atoms with Crippen molar-refractivity contribution in [2.75, 3.05) is 7.05 Å². The second-order valence-corrected chi connectivity index (χ2v) is 5.93. The first-order valence-electron chi connectivity index (χ1n) is 6.33. The molecule has 0 spiro atoms. The molecule has 2 rings (SSSR count). The van der Waals surface area contributed by atoms with Crippen LogP contribution in [0.1, 0.15) is 37.8 Å². The summed E-state index contributed by atoms with van der Waals surface area (Å²) < 4.78 is 1.16. The molecule has 2 nitrogen and oxygen atoms in total. The molecule has 0 heterocycles. The predicted octanol–water partition coefficient (Wildman–Crippen LogP) is 3.32. The van der Waals surface area contributed by atoms with Crippen LogP contribution in [0.2, 0.25) is 0 Å². The summed E-state index contributed by atoms with van der Waals surface area (Å²) in [5.41, 5.74) is 7.50. The summed E-state index contributed by atoms with van der Waals surface area (Å²) in [6, 6.07) is 9.56. The van der Waals surface area contributed by atoms with Gasteiger partial charge in [0.25, 0.3) is 0 Å². The molecular weight excluding hydrogens is 276 g/mol. The first kappa shape index (κ1) is 13.1. The van der Waals surface area contributed by atoms with Gasteiger partial charge >= 0.3 is 0 Å². The molecule has 1 saturated carbocycles. The highest BCUT2D eigenvalue weighted by atomic mass is 79.9. The van der Waals surface area contributed by atoms with E-state index in [1.165, 1.54) is 24.8 Å². The maximum absolute atomic E-state index is 6.19. The minimum Gasteiger partial charge on any atom is -0.326 e. The van der Waals surface area contributed by atoms with Gasteiger partial charge in [0.05, 0.1) is 6.04 Å². The Balaban J connectivity index is 2.25. The minimum absolute atomic E-state index is 0.138. The largest absolute Gasteiger partial charge is 0.326 e. The molecule has 3 heteroatoms. The van der Waals surface area contributed by atoms with Crippen molar-refractivity contribution in [2.24, 2.45) is 5.73 Å². The van der Waals surface area contributed by atoms with Crippen molar-refractivity contribution < 1.29 is 0 Å². The zero-order valence-electron chi connectivity index (χ0n) is 10.6. The molecule has 1 aromatic rings. The smallest absolute Gasteiger partial charge is 0.0507 e. The molecular formula is C14H21BrN2. The van der Waals surface area contributed by atoms with E-state index in [0.29, 0.717) is 12.1 Å². The Morgan fingerprint density at radius 3 is 2.47 bits per heavy atom. The minimum atomic E-state index is 0.138. The topological polar surface area (TPSA) is 29.3 Å². The fourth-order valence-electron chi connectivity index (χ4n) is 2.61. The van der Waals surface area contributed by atoms with Crippen molar-refractivity contribution >= 4 is 15.9 Å². The summed E-state index contributed by atoms with van der Waals surface area (Å²) in [7, 11) is 2.21. The Morgan fingerprint density at radius 1 is 1.35 bits per heavy atom. The van der Waals surface area contributed by atoms with Crippen LogP contribution in [0.5, 0.6) is 0 Å². The lowest BCUT2D eigenvalue weighted by atomic mass is 9.88. The lowest BCUT2D eigenvalue weighted by molar-refractivity contribution is 0.0976. The van der Waals surface area contributed by atoms with Crippen LogP contribution < -0.4 is 5.73 Å². The lowest BCUT2D eigenvalue weighted by Gasteiger charge is -2.42. The van der Waals surface area contributed by atoms with Gasteiger partial charge in [-0.25, -0.2) is 0 Å². The zero-order valence-corrected chi connectivity index (χ0v) is 12.2. The Kier molecular flexibility index (Phi) is 4.23. The standard InChI is InChI=1S/C14H21BrN2/c1-10(16)14(17(2)11-6-5-7-11)12-8-3-4-9-13(12)15/h3-4,8-11,14H,5-7,16H2,1-2H3. The number of likely N-dealkylation sites (N-methyl/N-ethyl adjacent to an activating group) is 1. The maximum atomic E-state index is 6.19. The van der Waals surface area contributed by atoms with Gasteiger partial charge in [-0.05, 0) is 38.4 Å². The van der Waals surface area contributed by atoms with Crippen LogP contribution in [-0.2, 0) is 0 Å². The molecule has 0 amide bonds. The van der Waals surface area contributed by atoms with E-state index in [-0.39, 0.29) is 6.04 Å². The maximum Gasteiger partial charge on any atom is 0.0507 e. The Morgan fingerprint density at radius 2 is 2.00 bits per heavy atom. The third kappa shape index (κ3) is 2.72. The molecule has 1 fully saturated rings. The summed E-state index contributed by atoms with van der Waals surface area (Å²) in [6.45, 7) is 2.10. The van der Waals surface area contributed by atoms with Crippen molar-refractivity contribution in [2.45, 2.75) is 44.3 Å². The van der Waals surface area contributed by atoms with E-state index in [4.69, 9.17) is 5.73 Å². The summed E-state index contributed by atoms with van der Waals surface area (Å²) in [6.07, 6.45) is 3.98. The van der Waals surface area contributed by atoms with Crippen molar-refractivity contribution in [3.8, 4) is 0 Å². The first-order chi connectivity index (χ1) is 8.11. The normalized spacial score (nSPS) is 20.1. The van der Waals surface area contributed by atoms with E-state index in [0.717, 1.165) is 4.47 Å². The van der Waals surface area contributed by atoms with Crippen LogP contribution in [0.3, 0.4) is 0 Å². The molecule has 94 valence electrons. The number of hydrogen-bond donors (Lipinski definition) is 1. The van der Waals surface area contributed by atoms with E-state index in [9.17, 15) is 0 Å². The Bertz CT molecular complexity index is 374. The second-order valence-electron chi connectivity index (χ2n) is 5.08. The van der Waals surface area contributed by atoms with Gasteiger partial charge in [0, 0.05) is 16.6 Å². The molecule has 1 aromatic carbocycles. The fourth-order valence-corrected chi connectivity index (χ4v) is 3.13. The third-order valence-corrected chi connectivity index (χ3v) is 4.53. The summed E-state index contributed by atoms with van der Waals surface area (Å²) in [5, 5.41) is 0. The van der Waals surface area contributed by atoms with Gasteiger partial charge in [0.2, 0.25) is 0 Å². The highest BCUT2D eigenvalue weighted by molar-refractivity contribution is 9.10. The SMILES string of the molecule is CC(N)C(c1ccccc1Br)N(C)C1CCC1. The molecule has 0 bridgehead atoms. The molecule has 2 N–H and O–H groups in total. The molecule has 1 aliphatic carbocycles. The highest BCUT2D eigenvalue weighted by Crippen LogP contribution is 2.35. The van der Waals surface area contributed by atoms with Crippen molar-refractivity contribution in [1.29, 1.82) is 0 Å².